The van der Waals surface area contributed by atoms with Gasteiger partial charge in [-0.15, -0.1) is 0 Å². The number of halogens is 3. The summed E-state index contributed by atoms with van der Waals surface area (Å²) in [7, 11) is 1.15. The van der Waals surface area contributed by atoms with Crippen molar-refractivity contribution in [2.75, 3.05) is 7.11 Å². The number of hydrogen-bond acceptors (Lipinski definition) is 4. The van der Waals surface area contributed by atoms with Gasteiger partial charge in [0, 0.05) is 10.8 Å². The molecule has 0 fully saturated rings. The number of carbonyl (C=O) groups excluding carboxylic acids is 1. The number of carbonyl (C=O) groups is 1. The first-order valence-electron chi connectivity index (χ1n) is 4.77. The molecule has 0 N–H and O–H groups in total. The summed E-state index contributed by atoms with van der Waals surface area (Å²) < 4.78 is 47.1. The molecular weight excluding hydrogens is 269 g/mol. The highest BCUT2D eigenvalue weighted by molar-refractivity contribution is 7.20. The fraction of sp³-hybridized carbons (Fsp3) is 0.182. The lowest BCUT2D eigenvalue weighted by Gasteiger charge is -2.05. The zero-order chi connectivity index (χ0) is 13.3. The van der Waals surface area contributed by atoms with Crippen LogP contribution in [0.1, 0.15) is 5.56 Å². The summed E-state index contributed by atoms with van der Waals surface area (Å²) in [5, 5.41) is 0.560. The Morgan fingerprint density at radius 1 is 1.28 bits per heavy atom. The van der Waals surface area contributed by atoms with E-state index in [1.807, 2.05) is 0 Å². The lowest BCUT2D eigenvalue weighted by Crippen LogP contribution is -2.05. The fourth-order valence-electron chi connectivity index (χ4n) is 1.37. The van der Waals surface area contributed by atoms with Crippen LogP contribution in [0.3, 0.4) is 0 Å². The zero-order valence-corrected chi connectivity index (χ0v) is 9.89. The molecule has 96 valence electrons. The van der Waals surface area contributed by atoms with Crippen molar-refractivity contribution in [3.8, 4) is 5.06 Å². The van der Waals surface area contributed by atoms with Gasteiger partial charge in [0.25, 0.3) is 0 Å². The lowest BCUT2D eigenvalue weighted by molar-refractivity contribution is -0.137. The van der Waals surface area contributed by atoms with Crippen molar-refractivity contribution in [2.45, 2.75) is 6.18 Å². The second-order valence-corrected chi connectivity index (χ2v) is 4.42. The molecule has 3 nitrogen and oxygen atoms in total. The topological polar surface area (TPSA) is 35.5 Å². The highest BCUT2D eigenvalue weighted by Crippen LogP contribution is 2.36. The van der Waals surface area contributed by atoms with Gasteiger partial charge in [0.05, 0.1) is 12.7 Å². The lowest BCUT2D eigenvalue weighted by atomic mass is 10.1. The molecule has 1 aromatic carbocycles. The minimum atomic E-state index is -4.39. The van der Waals surface area contributed by atoms with Gasteiger partial charge in [-0.05, 0) is 23.6 Å². The Morgan fingerprint density at radius 3 is 2.61 bits per heavy atom. The van der Waals surface area contributed by atoms with Gasteiger partial charge in [-0.3, -0.25) is 0 Å². The van der Waals surface area contributed by atoms with Crippen LogP contribution in [0, 0.1) is 0 Å². The normalized spacial score (nSPS) is 11.6. The number of hydrogen-bond donors (Lipinski definition) is 0. The summed E-state index contributed by atoms with van der Waals surface area (Å²) in [6.45, 7) is 0. The monoisotopic (exact) mass is 276 g/mol. The Balaban J connectivity index is 2.37. The molecule has 0 saturated carbocycles. The second-order valence-electron chi connectivity index (χ2n) is 3.37. The minimum Gasteiger partial charge on any atom is -0.437 e. The molecule has 1 heterocycles. The van der Waals surface area contributed by atoms with Gasteiger partial charge in [-0.25, -0.2) is 4.79 Å². The maximum atomic E-state index is 12.5. The Bertz CT molecular complexity index is 589. The van der Waals surface area contributed by atoms with Gasteiger partial charge >= 0.3 is 12.3 Å². The van der Waals surface area contributed by atoms with Crippen molar-refractivity contribution < 1.29 is 27.4 Å². The molecule has 0 atom stereocenters. The van der Waals surface area contributed by atoms with Crippen LogP contribution in [0.15, 0.2) is 24.3 Å². The quantitative estimate of drug-likeness (QED) is 0.737. The maximum absolute atomic E-state index is 12.5. The van der Waals surface area contributed by atoms with Gasteiger partial charge in [0.15, 0.2) is 5.06 Å². The highest BCUT2D eigenvalue weighted by Gasteiger charge is 2.30. The van der Waals surface area contributed by atoms with E-state index >= 15 is 0 Å². The van der Waals surface area contributed by atoms with Crippen molar-refractivity contribution in [1.82, 2.24) is 0 Å². The van der Waals surface area contributed by atoms with Crippen molar-refractivity contribution in [2.24, 2.45) is 0 Å². The summed E-state index contributed by atoms with van der Waals surface area (Å²) in [5.74, 6) is 0. The number of benzene rings is 1. The Hall–Kier alpha value is -1.76. The first kappa shape index (κ1) is 12.7. The molecule has 0 aliphatic rings. The van der Waals surface area contributed by atoms with Crippen molar-refractivity contribution >= 4 is 27.6 Å². The Kier molecular flexibility index (Phi) is 3.16. The molecule has 0 saturated heterocycles. The smallest absolute Gasteiger partial charge is 0.437 e. The van der Waals surface area contributed by atoms with E-state index in [4.69, 9.17) is 4.74 Å². The molecular formula is C11H7F3O3S. The molecule has 0 bridgehead atoms. The van der Waals surface area contributed by atoms with Crippen molar-refractivity contribution in [3.63, 3.8) is 0 Å². The molecule has 2 aromatic rings. The molecule has 2 rings (SSSR count). The SMILES string of the molecule is COC(=O)Oc1cc2cc(C(F)(F)F)ccc2s1. The molecule has 0 aliphatic heterocycles. The molecule has 0 amide bonds. The predicted octanol–water partition coefficient (Wildman–Crippen LogP) is 4.07. The van der Waals surface area contributed by atoms with E-state index in [1.165, 1.54) is 12.1 Å². The van der Waals surface area contributed by atoms with Crippen LogP contribution in [0.5, 0.6) is 5.06 Å². The summed E-state index contributed by atoms with van der Waals surface area (Å²) in [6, 6.07) is 4.70. The van der Waals surface area contributed by atoms with Crippen LogP contribution in [-0.2, 0) is 10.9 Å². The second kappa shape index (κ2) is 4.49. The summed E-state index contributed by atoms with van der Waals surface area (Å²) in [6.07, 6.45) is -5.29. The van der Waals surface area contributed by atoms with E-state index in [2.05, 4.69) is 4.74 Å². The van der Waals surface area contributed by atoms with Gasteiger partial charge in [0.2, 0.25) is 0 Å². The maximum Gasteiger partial charge on any atom is 0.514 e. The Morgan fingerprint density at radius 2 is 2.00 bits per heavy atom. The fourth-order valence-corrected chi connectivity index (χ4v) is 2.25. The van der Waals surface area contributed by atoms with E-state index in [1.54, 1.807) is 0 Å². The van der Waals surface area contributed by atoms with Crippen LogP contribution in [0.4, 0.5) is 18.0 Å². The van der Waals surface area contributed by atoms with Gasteiger partial charge < -0.3 is 9.47 Å². The number of methoxy groups -OCH3 is 1. The predicted molar refractivity (Wildman–Crippen MR) is 59.9 cm³/mol. The first-order chi connectivity index (χ1) is 8.40. The number of ether oxygens (including phenoxy) is 2. The standard InChI is InChI=1S/C11H7F3O3S/c1-16-10(15)17-9-5-6-4-7(11(12,13)14)2-3-8(6)18-9/h2-5H,1H3. The van der Waals surface area contributed by atoms with Crippen molar-refractivity contribution in [3.05, 3.63) is 29.8 Å². The molecule has 0 spiro atoms. The number of rotatable bonds is 1. The van der Waals surface area contributed by atoms with E-state index < -0.39 is 17.9 Å². The van der Waals surface area contributed by atoms with Crippen LogP contribution in [0.25, 0.3) is 10.1 Å². The van der Waals surface area contributed by atoms with Crippen LogP contribution in [-0.4, -0.2) is 13.3 Å². The van der Waals surface area contributed by atoms with Gasteiger partial charge in [-0.1, -0.05) is 11.3 Å². The third kappa shape index (κ3) is 2.56. The number of thiophene rings is 1. The molecule has 1 aromatic heterocycles. The summed E-state index contributed by atoms with van der Waals surface area (Å²) >= 11 is 1.07. The molecule has 0 radical (unpaired) electrons. The third-order valence-electron chi connectivity index (χ3n) is 2.17. The van der Waals surface area contributed by atoms with E-state index in [0.29, 0.717) is 10.1 Å². The first-order valence-corrected chi connectivity index (χ1v) is 5.58. The average Bonchev–Trinajstić information content (AvgIpc) is 2.68. The van der Waals surface area contributed by atoms with Gasteiger partial charge in [-0.2, -0.15) is 13.2 Å². The summed E-state index contributed by atoms with van der Waals surface area (Å²) in [4.78, 5) is 10.9. The van der Waals surface area contributed by atoms with E-state index in [9.17, 15) is 18.0 Å². The van der Waals surface area contributed by atoms with Crippen LogP contribution < -0.4 is 4.74 Å². The van der Waals surface area contributed by atoms with Crippen LogP contribution in [0.2, 0.25) is 0 Å². The molecule has 18 heavy (non-hydrogen) atoms. The number of fused-ring (bicyclic) bond motifs is 1. The third-order valence-corrected chi connectivity index (χ3v) is 3.17. The van der Waals surface area contributed by atoms with E-state index in [0.717, 1.165) is 30.6 Å². The minimum absolute atomic E-state index is 0.191. The molecule has 0 unspecified atom stereocenters. The zero-order valence-electron chi connectivity index (χ0n) is 9.08. The largest absolute Gasteiger partial charge is 0.514 e. The molecule has 7 heteroatoms. The van der Waals surface area contributed by atoms with Crippen LogP contribution >= 0.6 is 11.3 Å². The highest BCUT2D eigenvalue weighted by atomic mass is 32.1. The Labute approximate surface area is 104 Å². The van der Waals surface area contributed by atoms with E-state index in [-0.39, 0.29) is 5.06 Å². The summed E-state index contributed by atoms with van der Waals surface area (Å²) in [5.41, 5.74) is -0.739. The average molecular weight is 276 g/mol. The number of alkyl halides is 3. The van der Waals surface area contributed by atoms with Crippen molar-refractivity contribution in [1.29, 1.82) is 0 Å². The van der Waals surface area contributed by atoms with Gasteiger partial charge in [0.1, 0.15) is 0 Å². The molecule has 0 aliphatic carbocycles.